The van der Waals surface area contributed by atoms with E-state index in [4.69, 9.17) is 5.10 Å². The second kappa shape index (κ2) is 6.20. The molecule has 3 aromatic rings. The Labute approximate surface area is 216 Å². The van der Waals surface area contributed by atoms with Crippen LogP contribution in [-0.2, 0) is 0 Å². The highest BCUT2D eigenvalue weighted by atomic mass is 15.5. The SMILES string of the molecule is C=c1c2c(C)c3ccccc3c1=NN1CC(=C3C=CC4=C(C)c5ccccc5C5=CC=C1C31CC541)C=C2. The van der Waals surface area contributed by atoms with Crippen LogP contribution in [0.3, 0.4) is 0 Å². The standard InChI is InChI=1S/C35H26N2/c1-20-24-13-12-23-18-37(36-33(22(24)3)28-11-7-5-8-25(20)28)32-17-16-31-27-10-6-4-9-26(27)21(2)29-14-15-30(23)35(32)19-34(29,31)35/h4-17H,3,18-19H2,1-2H3. The average molecular weight is 475 g/mol. The van der Waals surface area contributed by atoms with Crippen molar-refractivity contribution in [3.05, 3.63) is 134 Å². The molecule has 2 aliphatic heterocycles. The van der Waals surface area contributed by atoms with Crippen molar-refractivity contribution in [1.29, 1.82) is 0 Å². The minimum Gasteiger partial charge on any atom is -0.264 e. The number of allylic oxidation sites excluding steroid dienone is 8. The predicted molar refractivity (Wildman–Crippen MR) is 151 cm³/mol. The largest absolute Gasteiger partial charge is 0.264 e. The lowest BCUT2D eigenvalue weighted by Crippen LogP contribution is -2.41. The third-order valence-electron chi connectivity index (χ3n) is 10.0. The first-order valence-corrected chi connectivity index (χ1v) is 13.3. The zero-order valence-electron chi connectivity index (χ0n) is 21.1. The molecule has 176 valence electrons. The first-order valence-electron chi connectivity index (χ1n) is 13.3. The molecule has 2 atom stereocenters. The molecule has 2 spiro atoms. The van der Waals surface area contributed by atoms with Crippen molar-refractivity contribution < 1.29 is 0 Å². The van der Waals surface area contributed by atoms with Gasteiger partial charge in [0, 0.05) is 21.7 Å². The van der Waals surface area contributed by atoms with Gasteiger partial charge in [-0.3, -0.25) is 5.01 Å². The zero-order chi connectivity index (χ0) is 24.7. The molecule has 0 N–H and O–H groups in total. The summed E-state index contributed by atoms with van der Waals surface area (Å²) < 4.78 is 0. The van der Waals surface area contributed by atoms with Crippen LogP contribution in [0.5, 0.6) is 0 Å². The Bertz CT molecular complexity index is 1970. The topological polar surface area (TPSA) is 15.6 Å². The van der Waals surface area contributed by atoms with Crippen molar-refractivity contribution in [3.63, 3.8) is 0 Å². The second-order valence-corrected chi connectivity index (χ2v) is 11.4. The molecule has 2 unspecified atom stereocenters. The number of nitrogens with zero attached hydrogens (tertiary/aromatic N) is 2. The Hall–Kier alpha value is -4.17. The fourth-order valence-corrected chi connectivity index (χ4v) is 8.35. The second-order valence-electron chi connectivity index (χ2n) is 11.4. The maximum Gasteiger partial charge on any atom is 0.0986 e. The lowest BCUT2D eigenvalue weighted by atomic mass is 9.61. The Morgan fingerprint density at radius 1 is 0.811 bits per heavy atom. The van der Waals surface area contributed by atoms with Crippen molar-refractivity contribution in [1.82, 2.24) is 5.01 Å². The third-order valence-corrected chi connectivity index (χ3v) is 10.0. The van der Waals surface area contributed by atoms with Gasteiger partial charge in [-0.15, -0.1) is 0 Å². The summed E-state index contributed by atoms with van der Waals surface area (Å²) in [6.45, 7) is 9.86. The number of rotatable bonds is 0. The molecule has 2 nitrogen and oxygen atoms in total. The molecule has 37 heavy (non-hydrogen) atoms. The lowest BCUT2D eigenvalue weighted by Gasteiger charge is -2.46. The lowest BCUT2D eigenvalue weighted by molar-refractivity contribution is 0.300. The fraction of sp³-hybridized carbons (Fsp3) is 0.171. The van der Waals surface area contributed by atoms with Crippen LogP contribution in [0.4, 0.5) is 0 Å². The van der Waals surface area contributed by atoms with E-state index in [0.717, 1.165) is 23.5 Å². The first kappa shape index (κ1) is 20.0. The molecule has 4 bridgehead atoms. The maximum atomic E-state index is 5.43. The first-order chi connectivity index (χ1) is 18.1. The molecular formula is C35H26N2. The predicted octanol–water partition coefficient (Wildman–Crippen LogP) is 6.45. The van der Waals surface area contributed by atoms with E-state index in [-0.39, 0.29) is 10.8 Å². The molecule has 3 aromatic carbocycles. The summed E-state index contributed by atoms with van der Waals surface area (Å²) in [4.78, 5) is 0. The van der Waals surface area contributed by atoms with Crippen LogP contribution >= 0.6 is 0 Å². The molecule has 0 saturated heterocycles. The average Bonchev–Trinajstić information content (AvgIpc) is 3.63. The number of aryl methyl sites for hydroxylation is 1. The normalized spacial score (nSPS) is 27.4. The van der Waals surface area contributed by atoms with E-state index < -0.39 is 0 Å². The highest BCUT2D eigenvalue weighted by Crippen LogP contribution is 2.85. The van der Waals surface area contributed by atoms with Gasteiger partial charge in [0.25, 0.3) is 0 Å². The Morgan fingerprint density at radius 2 is 1.57 bits per heavy atom. The van der Waals surface area contributed by atoms with Gasteiger partial charge in [0.1, 0.15) is 0 Å². The minimum atomic E-state index is -0.0549. The van der Waals surface area contributed by atoms with Crippen molar-refractivity contribution in [3.8, 4) is 0 Å². The van der Waals surface area contributed by atoms with Gasteiger partial charge in [-0.2, -0.15) is 5.10 Å². The summed E-state index contributed by atoms with van der Waals surface area (Å²) >= 11 is 0. The summed E-state index contributed by atoms with van der Waals surface area (Å²) in [6, 6.07) is 17.6. The van der Waals surface area contributed by atoms with Gasteiger partial charge >= 0.3 is 0 Å². The molecule has 2 heterocycles. The van der Waals surface area contributed by atoms with E-state index in [9.17, 15) is 0 Å². The van der Waals surface area contributed by atoms with Crippen LogP contribution in [-0.4, -0.2) is 11.6 Å². The van der Waals surface area contributed by atoms with Crippen molar-refractivity contribution in [2.45, 2.75) is 20.3 Å². The van der Waals surface area contributed by atoms with Crippen molar-refractivity contribution in [2.24, 2.45) is 15.9 Å². The molecule has 0 amide bonds. The molecule has 9 rings (SSSR count). The smallest absolute Gasteiger partial charge is 0.0986 e. The minimum absolute atomic E-state index is 0.00474. The summed E-state index contributed by atoms with van der Waals surface area (Å²) in [7, 11) is 0. The number of hydrogen-bond acceptors (Lipinski definition) is 2. The van der Waals surface area contributed by atoms with Crippen molar-refractivity contribution in [2.75, 3.05) is 6.54 Å². The maximum absolute atomic E-state index is 5.43. The molecule has 6 aliphatic rings. The van der Waals surface area contributed by atoms with Crippen LogP contribution in [0, 0.1) is 17.8 Å². The third kappa shape index (κ3) is 2.04. The molecule has 0 radical (unpaired) electrons. The van der Waals surface area contributed by atoms with Crippen LogP contribution in [0.15, 0.2) is 106 Å². The van der Waals surface area contributed by atoms with E-state index in [1.54, 1.807) is 0 Å². The van der Waals surface area contributed by atoms with Crippen LogP contribution in [0.2, 0.25) is 0 Å². The zero-order valence-corrected chi connectivity index (χ0v) is 21.1. The molecule has 2 heteroatoms. The van der Waals surface area contributed by atoms with Crippen LogP contribution in [0.25, 0.3) is 34.6 Å². The van der Waals surface area contributed by atoms with E-state index >= 15 is 0 Å². The number of hydrogen-bond donors (Lipinski definition) is 0. The summed E-state index contributed by atoms with van der Waals surface area (Å²) in [5.74, 6) is 0. The Kier molecular flexibility index (Phi) is 3.35. The van der Waals surface area contributed by atoms with E-state index in [1.807, 2.05) is 0 Å². The van der Waals surface area contributed by atoms with Gasteiger partial charge in [-0.05, 0) is 81.8 Å². The van der Waals surface area contributed by atoms with E-state index in [0.29, 0.717) is 0 Å². The van der Waals surface area contributed by atoms with Crippen LogP contribution < -0.4 is 10.6 Å². The fourth-order valence-electron chi connectivity index (χ4n) is 8.35. The van der Waals surface area contributed by atoms with Gasteiger partial charge in [0.2, 0.25) is 0 Å². The number of fused-ring (bicyclic) bond motifs is 9. The van der Waals surface area contributed by atoms with Gasteiger partial charge in [-0.25, -0.2) is 0 Å². The van der Waals surface area contributed by atoms with Crippen LogP contribution in [0.1, 0.15) is 35.6 Å². The highest BCUT2D eigenvalue weighted by Gasteiger charge is 2.78. The molecule has 1 fully saturated rings. The quantitative estimate of drug-likeness (QED) is 0.366. The summed E-state index contributed by atoms with van der Waals surface area (Å²) in [5, 5.41) is 12.2. The van der Waals surface area contributed by atoms with E-state index in [1.165, 1.54) is 66.6 Å². The highest BCUT2D eigenvalue weighted by molar-refractivity contribution is 5.98. The molecular weight excluding hydrogens is 448 g/mol. The summed E-state index contributed by atoms with van der Waals surface area (Å²) in [5.41, 5.74) is 13.8. The number of benzene rings is 3. The van der Waals surface area contributed by atoms with Gasteiger partial charge in [0.15, 0.2) is 0 Å². The Balaban J connectivity index is 1.42. The molecule has 4 aliphatic carbocycles. The summed E-state index contributed by atoms with van der Waals surface area (Å²) in [6.07, 6.45) is 15.4. The van der Waals surface area contributed by atoms with Gasteiger partial charge in [0.05, 0.1) is 17.3 Å². The molecule has 1 saturated carbocycles. The Morgan fingerprint density at radius 3 is 2.43 bits per heavy atom. The van der Waals surface area contributed by atoms with Gasteiger partial charge < -0.3 is 0 Å². The van der Waals surface area contributed by atoms with Gasteiger partial charge in [-0.1, -0.05) is 85.5 Å². The molecule has 0 aromatic heterocycles. The van der Waals surface area contributed by atoms with Crippen molar-refractivity contribution >= 4 is 34.6 Å². The van der Waals surface area contributed by atoms with E-state index in [2.05, 4.69) is 110 Å². The monoisotopic (exact) mass is 474 g/mol.